The summed E-state index contributed by atoms with van der Waals surface area (Å²) in [5.41, 5.74) is 0.546. The standard InChI is InChI=1S/C12H16ClN3O3S/c1-20(18,19)16-8-6-15(7-9-16)12(17)14-11-5-3-2-4-10(11)13/h2-5H,6-9H2,1H3,(H,14,17). The van der Waals surface area contributed by atoms with E-state index < -0.39 is 10.0 Å². The van der Waals surface area contributed by atoms with Crippen LogP contribution in [0.1, 0.15) is 0 Å². The van der Waals surface area contributed by atoms with E-state index in [1.807, 2.05) is 0 Å². The molecule has 110 valence electrons. The number of nitrogens with one attached hydrogen (secondary N) is 1. The van der Waals surface area contributed by atoms with Crippen LogP contribution >= 0.6 is 11.6 Å². The molecule has 8 heteroatoms. The van der Waals surface area contributed by atoms with Gasteiger partial charge in [0.15, 0.2) is 0 Å². The molecule has 0 radical (unpaired) electrons. The third-order valence-corrected chi connectivity index (χ3v) is 4.74. The molecule has 1 heterocycles. The first-order valence-electron chi connectivity index (χ1n) is 6.13. The number of amides is 2. The van der Waals surface area contributed by atoms with Crippen LogP contribution in [-0.2, 0) is 10.0 Å². The lowest BCUT2D eigenvalue weighted by Gasteiger charge is -2.33. The highest BCUT2D eigenvalue weighted by Crippen LogP contribution is 2.21. The zero-order valence-corrected chi connectivity index (χ0v) is 12.6. The third kappa shape index (κ3) is 3.62. The van der Waals surface area contributed by atoms with Gasteiger partial charge in [0.25, 0.3) is 0 Å². The summed E-state index contributed by atoms with van der Waals surface area (Å²) in [6.07, 6.45) is 1.17. The third-order valence-electron chi connectivity index (χ3n) is 3.11. The molecule has 2 amide bonds. The molecular weight excluding hydrogens is 302 g/mol. The predicted octanol–water partition coefficient (Wildman–Crippen LogP) is 1.45. The van der Waals surface area contributed by atoms with E-state index in [4.69, 9.17) is 11.6 Å². The minimum absolute atomic E-state index is 0.272. The minimum Gasteiger partial charge on any atom is -0.322 e. The first kappa shape index (κ1) is 15.1. The van der Waals surface area contributed by atoms with Gasteiger partial charge in [0.05, 0.1) is 17.0 Å². The van der Waals surface area contributed by atoms with Gasteiger partial charge in [0.1, 0.15) is 0 Å². The van der Waals surface area contributed by atoms with E-state index in [-0.39, 0.29) is 6.03 Å². The lowest BCUT2D eigenvalue weighted by Crippen LogP contribution is -2.51. The van der Waals surface area contributed by atoms with Crippen LogP contribution < -0.4 is 5.32 Å². The van der Waals surface area contributed by atoms with Crippen molar-refractivity contribution in [3.63, 3.8) is 0 Å². The van der Waals surface area contributed by atoms with Crippen LogP contribution in [0.2, 0.25) is 5.02 Å². The van der Waals surface area contributed by atoms with Gasteiger partial charge >= 0.3 is 6.03 Å². The van der Waals surface area contributed by atoms with E-state index in [1.165, 1.54) is 10.6 Å². The number of carbonyl (C=O) groups is 1. The van der Waals surface area contributed by atoms with Crippen LogP contribution in [0, 0.1) is 0 Å². The average Bonchev–Trinajstić information content (AvgIpc) is 2.40. The molecule has 0 aliphatic carbocycles. The van der Waals surface area contributed by atoms with Crippen molar-refractivity contribution in [1.82, 2.24) is 9.21 Å². The number of benzene rings is 1. The Balaban J connectivity index is 1.94. The fourth-order valence-corrected chi connectivity index (χ4v) is 2.99. The Morgan fingerprint density at radius 3 is 2.35 bits per heavy atom. The molecule has 2 rings (SSSR count). The monoisotopic (exact) mass is 317 g/mol. The van der Waals surface area contributed by atoms with Crippen LogP contribution in [0.25, 0.3) is 0 Å². The van der Waals surface area contributed by atoms with Crippen molar-refractivity contribution in [1.29, 1.82) is 0 Å². The van der Waals surface area contributed by atoms with Crippen molar-refractivity contribution in [2.24, 2.45) is 0 Å². The summed E-state index contributed by atoms with van der Waals surface area (Å²) in [7, 11) is -3.19. The topological polar surface area (TPSA) is 69.7 Å². The fourth-order valence-electron chi connectivity index (χ4n) is 1.98. The maximum absolute atomic E-state index is 12.1. The second-order valence-corrected chi connectivity index (χ2v) is 6.95. The van der Waals surface area contributed by atoms with Gasteiger partial charge in [-0.05, 0) is 12.1 Å². The summed E-state index contributed by atoms with van der Waals surface area (Å²) < 4.78 is 24.1. The molecule has 1 aromatic rings. The van der Waals surface area contributed by atoms with E-state index in [1.54, 1.807) is 29.2 Å². The lowest BCUT2D eigenvalue weighted by molar-refractivity contribution is 0.184. The Labute approximate surface area is 123 Å². The molecule has 1 aliphatic heterocycles. The van der Waals surface area contributed by atoms with Crippen molar-refractivity contribution < 1.29 is 13.2 Å². The number of hydrogen-bond donors (Lipinski definition) is 1. The van der Waals surface area contributed by atoms with Crippen molar-refractivity contribution in [2.75, 3.05) is 37.8 Å². The van der Waals surface area contributed by atoms with E-state index in [0.29, 0.717) is 36.9 Å². The molecule has 0 unspecified atom stereocenters. The molecule has 1 fully saturated rings. The smallest absolute Gasteiger partial charge is 0.321 e. The SMILES string of the molecule is CS(=O)(=O)N1CCN(C(=O)Nc2ccccc2Cl)CC1. The molecule has 20 heavy (non-hydrogen) atoms. The van der Waals surface area contributed by atoms with Gasteiger partial charge in [-0.3, -0.25) is 0 Å². The summed E-state index contributed by atoms with van der Waals surface area (Å²) in [6, 6.07) is 6.70. The Kier molecular flexibility index (Phi) is 4.52. The van der Waals surface area contributed by atoms with Gasteiger partial charge in [-0.1, -0.05) is 23.7 Å². The summed E-state index contributed by atoms with van der Waals surface area (Å²) in [6.45, 7) is 1.36. The first-order chi connectivity index (χ1) is 9.38. The maximum atomic E-state index is 12.1. The van der Waals surface area contributed by atoms with Crippen molar-refractivity contribution in [3.05, 3.63) is 29.3 Å². The molecular formula is C12H16ClN3O3S. The highest BCUT2D eigenvalue weighted by Gasteiger charge is 2.26. The number of rotatable bonds is 2. The number of sulfonamides is 1. The van der Waals surface area contributed by atoms with E-state index in [9.17, 15) is 13.2 Å². The largest absolute Gasteiger partial charge is 0.322 e. The molecule has 0 saturated carbocycles. The van der Waals surface area contributed by atoms with Crippen LogP contribution in [0.15, 0.2) is 24.3 Å². The molecule has 0 spiro atoms. The van der Waals surface area contributed by atoms with Crippen LogP contribution in [0.5, 0.6) is 0 Å². The minimum atomic E-state index is -3.19. The lowest BCUT2D eigenvalue weighted by atomic mass is 10.3. The van der Waals surface area contributed by atoms with Crippen molar-refractivity contribution in [2.45, 2.75) is 0 Å². The summed E-state index contributed by atoms with van der Waals surface area (Å²) in [5, 5.41) is 3.19. The highest BCUT2D eigenvalue weighted by molar-refractivity contribution is 7.88. The summed E-state index contributed by atoms with van der Waals surface area (Å²) in [5.74, 6) is 0. The number of anilines is 1. The molecule has 1 aliphatic rings. The zero-order valence-electron chi connectivity index (χ0n) is 11.0. The van der Waals surface area contributed by atoms with E-state index >= 15 is 0 Å². The first-order valence-corrected chi connectivity index (χ1v) is 8.36. The van der Waals surface area contributed by atoms with Crippen molar-refractivity contribution >= 4 is 33.3 Å². The molecule has 0 bridgehead atoms. The molecule has 0 aromatic heterocycles. The molecule has 0 atom stereocenters. The number of piperazine rings is 1. The fraction of sp³-hybridized carbons (Fsp3) is 0.417. The van der Waals surface area contributed by atoms with E-state index in [0.717, 1.165) is 0 Å². The quantitative estimate of drug-likeness (QED) is 0.897. The molecule has 6 nitrogen and oxygen atoms in total. The summed E-state index contributed by atoms with van der Waals surface area (Å²) >= 11 is 5.97. The average molecular weight is 318 g/mol. The van der Waals surface area contributed by atoms with Gasteiger partial charge < -0.3 is 10.2 Å². The van der Waals surface area contributed by atoms with Gasteiger partial charge in [-0.25, -0.2) is 13.2 Å². The zero-order chi connectivity index (χ0) is 14.8. The van der Waals surface area contributed by atoms with Crippen LogP contribution in [0.3, 0.4) is 0 Å². The van der Waals surface area contributed by atoms with Gasteiger partial charge in [0.2, 0.25) is 10.0 Å². The number of hydrogen-bond acceptors (Lipinski definition) is 3. The van der Waals surface area contributed by atoms with Gasteiger partial charge in [-0.2, -0.15) is 4.31 Å². The van der Waals surface area contributed by atoms with Crippen LogP contribution in [0.4, 0.5) is 10.5 Å². The maximum Gasteiger partial charge on any atom is 0.321 e. The second kappa shape index (κ2) is 5.99. The predicted molar refractivity (Wildman–Crippen MR) is 78.5 cm³/mol. The number of halogens is 1. The highest BCUT2D eigenvalue weighted by atomic mass is 35.5. The Morgan fingerprint density at radius 2 is 1.80 bits per heavy atom. The summed E-state index contributed by atoms with van der Waals surface area (Å²) in [4.78, 5) is 13.6. The number of carbonyl (C=O) groups excluding carboxylic acids is 1. The van der Waals surface area contributed by atoms with Gasteiger partial charge in [-0.15, -0.1) is 0 Å². The normalized spacial score (nSPS) is 17.0. The number of nitrogens with zero attached hydrogens (tertiary/aromatic N) is 2. The number of urea groups is 1. The number of para-hydroxylation sites is 1. The Morgan fingerprint density at radius 1 is 1.20 bits per heavy atom. The van der Waals surface area contributed by atoms with Crippen LogP contribution in [-0.4, -0.2) is 56.1 Å². The second-order valence-electron chi connectivity index (χ2n) is 4.56. The van der Waals surface area contributed by atoms with Crippen molar-refractivity contribution in [3.8, 4) is 0 Å². The molecule has 1 saturated heterocycles. The van der Waals surface area contributed by atoms with E-state index in [2.05, 4.69) is 5.32 Å². The molecule has 1 aromatic carbocycles. The Bertz CT molecular complexity index is 598. The molecule has 1 N–H and O–H groups in total. The Hall–Kier alpha value is -1.31. The van der Waals surface area contributed by atoms with Gasteiger partial charge in [0, 0.05) is 26.2 Å².